The van der Waals surface area contributed by atoms with Gasteiger partial charge >= 0.3 is 0 Å². The molecule has 0 heterocycles. The van der Waals surface area contributed by atoms with Crippen LogP contribution in [0.1, 0.15) is 37.3 Å². The molecule has 0 aliphatic heterocycles. The first-order valence-electron chi connectivity index (χ1n) is 7.23. The summed E-state index contributed by atoms with van der Waals surface area (Å²) in [6.07, 6.45) is 5.49. The second-order valence-corrected chi connectivity index (χ2v) is 5.86. The lowest BCUT2D eigenvalue weighted by atomic mass is 10.00. The molecule has 1 aromatic carbocycles. The molecule has 0 saturated heterocycles. The quantitative estimate of drug-likeness (QED) is 0.905. The van der Waals surface area contributed by atoms with E-state index in [-0.39, 0.29) is 6.04 Å². The van der Waals surface area contributed by atoms with E-state index in [1.165, 1.54) is 25.7 Å². The Bertz CT molecular complexity index is 426. The molecule has 104 valence electrons. The Balaban J connectivity index is 1.81. The molecule has 1 aromatic rings. The highest BCUT2D eigenvalue weighted by atomic mass is 16.5. The Morgan fingerprint density at radius 2 is 1.53 bits per heavy atom. The van der Waals surface area contributed by atoms with Crippen LogP contribution in [0.15, 0.2) is 18.2 Å². The summed E-state index contributed by atoms with van der Waals surface area (Å²) >= 11 is 0. The topological polar surface area (TPSA) is 44.5 Å². The van der Waals surface area contributed by atoms with E-state index in [1.807, 2.05) is 6.07 Å². The van der Waals surface area contributed by atoms with Crippen molar-refractivity contribution in [3.8, 4) is 11.5 Å². The van der Waals surface area contributed by atoms with Crippen LogP contribution in [0.5, 0.6) is 11.5 Å². The molecule has 2 fully saturated rings. The highest BCUT2D eigenvalue weighted by molar-refractivity contribution is 5.40. The van der Waals surface area contributed by atoms with E-state index in [1.54, 1.807) is 14.2 Å². The zero-order valence-corrected chi connectivity index (χ0v) is 11.8. The van der Waals surface area contributed by atoms with Crippen molar-refractivity contribution in [1.29, 1.82) is 0 Å². The van der Waals surface area contributed by atoms with Crippen molar-refractivity contribution in [2.75, 3.05) is 14.2 Å². The molecule has 3 heteroatoms. The van der Waals surface area contributed by atoms with Crippen LogP contribution in [0, 0.1) is 17.8 Å². The Labute approximate surface area is 115 Å². The van der Waals surface area contributed by atoms with Crippen LogP contribution in [0.3, 0.4) is 0 Å². The van der Waals surface area contributed by atoms with Gasteiger partial charge in [0.05, 0.1) is 14.2 Å². The lowest BCUT2D eigenvalue weighted by Crippen LogP contribution is -2.14. The van der Waals surface area contributed by atoms with Crippen molar-refractivity contribution in [2.45, 2.75) is 31.7 Å². The molecular weight excluding hydrogens is 238 g/mol. The lowest BCUT2D eigenvalue weighted by molar-refractivity contribution is 0.391. The van der Waals surface area contributed by atoms with Gasteiger partial charge in [0, 0.05) is 12.1 Å². The van der Waals surface area contributed by atoms with Gasteiger partial charge in [-0.1, -0.05) is 12.8 Å². The Morgan fingerprint density at radius 3 is 2.00 bits per heavy atom. The average molecular weight is 261 g/mol. The van der Waals surface area contributed by atoms with E-state index in [0.29, 0.717) is 5.92 Å². The predicted molar refractivity (Wildman–Crippen MR) is 75.4 cm³/mol. The number of fused-ring (bicyclic) bond motifs is 1. The molecule has 0 radical (unpaired) electrons. The molecule has 3 unspecified atom stereocenters. The molecule has 3 rings (SSSR count). The summed E-state index contributed by atoms with van der Waals surface area (Å²) < 4.78 is 10.7. The molecule has 2 saturated carbocycles. The summed E-state index contributed by atoms with van der Waals surface area (Å²) in [5.41, 5.74) is 7.64. The molecule has 0 aromatic heterocycles. The molecule has 2 N–H and O–H groups in total. The SMILES string of the molecule is COc1cc(OC)cc(C(N)C2C3CCCCC32)c1. The molecule has 3 nitrogen and oxygen atoms in total. The second-order valence-electron chi connectivity index (χ2n) is 5.86. The Hall–Kier alpha value is -1.22. The third kappa shape index (κ3) is 2.32. The first kappa shape index (κ1) is 12.8. The van der Waals surface area contributed by atoms with Crippen LogP contribution < -0.4 is 15.2 Å². The van der Waals surface area contributed by atoms with Crippen molar-refractivity contribution in [1.82, 2.24) is 0 Å². The van der Waals surface area contributed by atoms with Crippen LogP contribution in [0.2, 0.25) is 0 Å². The summed E-state index contributed by atoms with van der Waals surface area (Å²) in [7, 11) is 3.36. The van der Waals surface area contributed by atoms with Crippen LogP contribution in [0.25, 0.3) is 0 Å². The van der Waals surface area contributed by atoms with Gasteiger partial charge in [-0.05, 0) is 48.3 Å². The smallest absolute Gasteiger partial charge is 0.122 e. The zero-order chi connectivity index (χ0) is 13.4. The van der Waals surface area contributed by atoms with E-state index in [2.05, 4.69) is 12.1 Å². The molecule has 0 bridgehead atoms. The van der Waals surface area contributed by atoms with Gasteiger partial charge < -0.3 is 15.2 Å². The third-order valence-electron chi connectivity index (χ3n) is 4.90. The second kappa shape index (κ2) is 5.04. The van der Waals surface area contributed by atoms with E-state index in [4.69, 9.17) is 15.2 Å². The number of hydrogen-bond acceptors (Lipinski definition) is 3. The van der Waals surface area contributed by atoms with Gasteiger partial charge in [-0.3, -0.25) is 0 Å². The van der Waals surface area contributed by atoms with Crippen molar-refractivity contribution in [3.05, 3.63) is 23.8 Å². The Morgan fingerprint density at radius 1 is 1.00 bits per heavy atom. The molecule has 3 atom stereocenters. The van der Waals surface area contributed by atoms with Crippen molar-refractivity contribution in [2.24, 2.45) is 23.5 Å². The maximum atomic E-state index is 6.50. The number of nitrogens with two attached hydrogens (primary N) is 1. The molecule has 2 aliphatic rings. The van der Waals surface area contributed by atoms with Crippen molar-refractivity contribution >= 4 is 0 Å². The van der Waals surface area contributed by atoms with Gasteiger partial charge in [0.15, 0.2) is 0 Å². The normalized spacial score (nSPS) is 30.4. The number of hydrogen-bond donors (Lipinski definition) is 1. The Kier molecular flexibility index (Phi) is 3.40. The monoisotopic (exact) mass is 261 g/mol. The lowest BCUT2D eigenvalue weighted by Gasteiger charge is -2.15. The minimum atomic E-state index is 0.122. The minimum Gasteiger partial charge on any atom is -0.497 e. The summed E-state index contributed by atoms with van der Waals surface area (Å²) in [6, 6.07) is 6.13. The van der Waals surface area contributed by atoms with Gasteiger partial charge in [0.25, 0.3) is 0 Å². The molecule has 2 aliphatic carbocycles. The van der Waals surface area contributed by atoms with Gasteiger partial charge in [-0.25, -0.2) is 0 Å². The summed E-state index contributed by atoms with van der Waals surface area (Å²) in [5.74, 6) is 4.04. The van der Waals surface area contributed by atoms with Gasteiger partial charge in [0.1, 0.15) is 11.5 Å². The summed E-state index contributed by atoms with van der Waals surface area (Å²) in [5, 5.41) is 0. The molecule has 19 heavy (non-hydrogen) atoms. The van der Waals surface area contributed by atoms with Crippen molar-refractivity contribution in [3.63, 3.8) is 0 Å². The van der Waals surface area contributed by atoms with Gasteiger partial charge in [-0.2, -0.15) is 0 Å². The fourth-order valence-electron chi connectivity index (χ4n) is 3.82. The van der Waals surface area contributed by atoms with E-state index >= 15 is 0 Å². The van der Waals surface area contributed by atoms with Gasteiger partial charge in [0.2, 0.25) is 0 Å². The summed E-state index contributed by atoms with van der Waals surface area (Å²) in [4.78, 5) is 0. The van der Waals surface area contributed by atoms with Crippen LogP contribution >= 0.6 is 0 Å². The van der Waals surface area contributed by atoms with Crippen LogP contribution in [-0.2, 0) is 0 Å². The number of ether oxygens (including phenoxy) is 2. The fraction of sp³-hybridized carbons (Fsp3) is 0.625. The number of methoxy groups -OCH3 is 2. The first-order chi connectivity index (χ1) is 9.24. The van der Waals surface area contributed by atoms with Gasteiger partial charge in [-0.15, -0.1) is 0 Å². The van der Waals surface area contributed by atoms with Crippen LogP contribution in [-0.4, -0.2) is 14.2 Å². The maximum Gasteiger partial charge on any atom is 0.122 e. The van der Waals surface area contributed by atoms with E-state index < -0.39 is 0 Å². The van der Waals surface area contributed by atoms with Crippen molar-refractivity contribution < 1.29 is 9.47 Å². The minimum absolute atomic E-state index is 0.122. The first-order valence-corrected chi connectivity index (χ1v) is 7.23. The molecule has 0 amide bonds. The number of benzene rings is 1. The standard InChI is InChI=1S/C16H23NO2/c1-18-11-7-10(8-12(9-11)19-2)16(17)15-13-5-3-4-6-14(13)15/h7-9,13-16H,3-6,17H2,1-2H3. The molecule has 0 spiro atoms. The van der Waals surface area contributed by atoms with E-state index in [9.17, 15) is 0 Å². The third-order valence-corrected chi connectivity index (χ3v) is 4.90. The molecular formula is C16H23NO2. The van der Waals surface area contributed by atoms with E-state index in [0.717, 1.165) is 28.9 Å². The average Bonchev–Trinajstić information content (AvgIpc) is 3.20. The summed E-state index contributed by atoms with van der Waals surface area (Å²) in [6.45, 7) is 0. The zero-order valence-electron chi connectivity index (χ0n) is 11.8. The highest BCUT2D eigenvalue weighted by Gasteiger charge is 2.53. The highest BCUT2D eigenvalue weighted by Crippen LogP contribution is 2.59. The predicted octanol–water partition coefficient (Wildman–Crippen LogP) is 3.14. The largest absolute Gasteiger partial charge is 0.497 e. The fourth-order valence-corrected chi connectivity index (χ4v) is 3.82. The maximum absolute atomic E-state index is 6.50. The van der Waals surface area contributed by atoms with Crippen LogP contribution in [0.4, 0.5) is 0 Å². The number of rotatable bonds is 4.